The Morgan fingerprint density at radius 1 is 1.56 bits per heavy atom. The highest BCUT2D eigenvalue weighted by atomic mass is 35.5. The van der Waals surface area contributed by atoms with E-state index in [-0.39, 0.29) is 23.7 Å². The Balaban J connectivity index is 0.00000225. The topological polar surface area (TPSA) is 72.5 Å². The van der Waals surface area contributed by atoms with E-state index >= 15 is 0 Å². The average molecular weight is 250 g/mol. The lowest BCUT2D eigenvalue weighted by atomic mass is 9.92. The first-order valence-electron chi connectivity index (χ1n) is 4.26. The second-order valence-electron chi connectivity index (χ2n) is 3.35. The Labute approximate surface area is 98.6 Å². The number of ether oxygens (including phenoxy) is 1. The minimum absolute atomic E-state index is 0. The van der Waals surface area contributed by atoms with Gasteiger partial charge in [-0.1, -0.05) is 0 Å². The van der Waals surface area contributed by atoms with Crippen LogP contribution in [-0.4, -0.2) is 18.2 Å². The summed E-state index contributed by atoms with van der Waals surface area (Å²) in [5, 5.41) is 8.90. The Morgan fingerprint density at radius 3 is 2.56 bits per heavy atom. The van der Waals surface area contributed by atoms with Crippen molar-refractivity contribution >= 4 is 18.4 Å². The summed E-state index contributed by atoms with van der Waals surface area (Å²) >= 11 is 0. The number of aliphatic carboxylic acids is 1. The molecule has 0 aromatic heterocycles. The first kappa shape index (κ1) is 14.7. The monoisotopic (exact) mass is 249 g/mol. The third-order valence-electron chi connectivity index (χ3n) is 2.17. The van der Waals surface area contributed by atoms with E-state index in [0.717, 1.165) is 6.07 Å². The Kier molecular flexibility index (Phi) is 4.71. The predicted molar refractivity (Wildman–Crippen MR) is 59.4 cm³/mol. The fourth-order valence-corrected chi connectivity index (χ4v) is 1.20. The molecule has 0 heterocycles. The summed E-state index contributed by atoms with van der Waals surface area (Å²) in [4.78, 5) is 10.9. The lowest BCUT2D eigenvalue weighted by molar-refractivity contribution is -0.143. The van der Waals surface area contributed by atoms with Crippen LogP contribution in [0.1, 0.15) is 12.5 Å². The number of benzene rings is 1. The molecule has 1 rings (SSSR count). The van der Waals surface area contributed by atoms with E-state index in [0.29, 0.717) is 0 Å². The summed E-state index contributed by atoms with van der Waals surface area (Å²) in [6.07, 6.45) is 0. The zero-order valence-corrected chi connectivity index (χ0v) is 9.68. The van der Waals surface area contributed by atoms with E-state index in [2.05, 4.69) is 0 Å². The molecule has 4 nitrogen and oxygen atoms in total. The number of hydrogen-bond acceptors (Lipinski definition) is 3. The van der Waals surface area contributed by atoms with Crippen LogP contribution in [0.25, 0.3) is 0 Å². The maximum absolute atomic E-state index is 13.0. The molecule has 0 aliphatic heterocycles. The van der Waals surface area contributed by atoms with Crippen LogP contribution in [-0.2, 0) is 10.3 Å². The van der Waals surface area contributed by atoms with Crippen molar-refractivity contribution in [1.82, 2.24) is 0 Å². The molecule has 0 fully saturated rings. The molecule has 0 amide bonds. The zero-order chi connectivity index (χ0) is 11.6. The summed E-state index contributed by atoms with van der Waals surface area (Å²) in [6.45, 7) is 1.28. The molecule has 0 radical (unpaired) electrons. The van der Waals surface area contributed by atoms with Gasteiger partial charge in [-0.15, -0.1) is 12.4 Å². The van der Waals surface area contributed by atoms with Crippen molar-refractivity contribution in [2.24, 2.45) is 5.73 Å². The van der Waals surface area contributed by atoms with E-state index in [1.807, 2.05) is 0 Å². The SMILES string of the molecule is COc1ccc(F)cc1C(C)(N)C(=O)O.Cl. The highest BCUT2D eigenvalue weighted by Crippen LogP contribution is 2.28. The van der Waals surface area contributed by atoms with Gasteiger partial charge in [-0.2, -0.15) is 0 Å². The van der Waals surface area contributed by atoms with Crippen LogP contribution in [0.5, 0.6) is 5.75 Å². The summed E-state index contributed by atoms with van der Waals surface area (Å²) in [5.74, 6) is -1.54. The predicted octanol–water partition coefficient (Wildman–Crippen LogP) is 1.51. The standard InChI is InChI=1S/C10H12FNO3.ClH/c1-10(12,9(13)14)7-5-6(11)3-4-8(7)15-2;/h3-5H,12H2,1-2H3,(H,13,14);1H. The molecule has 0 aliphatic rings. The van der Waals surface area contributed by atoms with Crippen LogP contribution in [0.15, 0.2) is 18.2 Å². The molecule has 90 valence electrons. The van der Waals surface area contributed by atoms with E-state index in [4.69, 9.17) is 15.6 Å². The molecule has 0 aliphatic carbocycles. The van der Waals surface area contributed by atoms with Crippen molar-refractivity contribution in [2.75, 3.05) is 7.11 Å². The largest absolute Gasteiger partial charge is 0.496 e. The third-order valence-corrected chi connectivity index (χ3v) is 2.17. The third kappa shape index (κ3) is 2.62. The van der Waals surface area contributed by atoms with Gasteiger partial charge in [0.15, 0.2) is 0 Å². The summed E-state index contributed by atoms with van der Waals surface area (Å²) in [5.41, 5.74) is 4.02. The highest BCUT2D eigenvalue weighted by molar-refractivity contribution is 5.85. The van der Waals surface area contributed by atoms with Gasteiger partial charge >= 0.3 is 5.97 Å². The quantitative estimate of drug-likeness (QED) is 0.852. The smallest absolute Gasteiger partial charge is 0.328 e. The zero-order valence-electron chi connectivity index (χ0n) is 8.86. The number of hydrogen-bond donors (Lipinski definition) is 2. The minimum Gasteiger partial charge on any atom is -0.496 e. The molecule has 1 unspecified atom stereocenters. The van der Waals surface area contributed by atoms with Crippen LogP contribution in [0.2, 0.25) is 0 Å². The molecule has 6 heteroatoms. The fraction of sp³-hybridized carbons (Fsp3) is 0.300. The van der Waals surface area contributed by atoms with Gasteiger partial charge in [0.25, 0.3) is 0 Å². The molecule has 1 aromatic rings. The average Bonchev–Trinajstić information content (AvgIpc) is 2.17. The van der Waals surface area contributed by atoms with E-state index < -0.39 is 17.3 Å². The van der Waals surface area contributed by atoms with Crippen LogP contribution >= 0.6 is 12.4 Å². The molecular weight excluding hydrogens is 237 g/mol. The number of carboxylic acid groups (broad SMARTS) is 1. The van der Waals surface area contributed by atoms with Crippen molar-refractivity contribution in [3.63, 3.8) is 0 Å². The van der Waals surface area contributed by atoms with Crippen LogP contribution in [0.3, 0.4) is 0 Å². The number of methoxy groups -OCH3 is 1. The van der Waals surface area contributed by atoms with Gasteiger partial charge in [-0.05, 0) is 25.1 Å². The van der Waals surface area contributed by atoms with Gasteiger partial charge in [0, 0.05) is 5.56 Å². The van der Waals surface area contributed by atoms with Gasteiger partial charge in [-0.25, -0.2) is 9.18 Å². The van der Waals surface area contributed by atoms with Gasteiger partial charge in [0.2, 0.25) is 0 Å². The second kappa shape index (κ2) is 5.14. The van der Waals surface area contributed by atoms with E-state index in [1.54, 1.807) is 0 Å². The van der Waals surface area contributed by atoms with Gasteiger partial charge in [0.1, 0.15) is 17.1 Å². The molecular formula is C10H13ClFNO3. The van der Waals surface area contributed by atoms with Gasteiger partial charge in [-0.3, -0.25) is 0 Å². The van der Waals surface area contributed by atoms with E-state index in [1.165, 1.54) is 26.2 Å². The van der Waals surface area contributed by atoms with Crippen LogP contribution in [0.4, 0.5) is 4.39 Å². The minimum atomic E-state index is -1.67. The fourth-order valence-electron chi connectivity index (χ4n) is 1.20. The van der Waals surface area contributed by atoms with Gasteiger partial charge < -0.3 is 15.6 Å². The van der Waals surface area contributed by atoms with Crippen LogP contribution in [0, 0.1) is 5.82 Å². The second-order valence-corrected chi connectivity index (χ2v) is 3.35. The first-order valence-corrected chi connectivity index (χ1v) is 4.26. The maximum atomic E-state index is 13.0. The summed E-state index contributed by atoms with van der Waals surface area (Å²) in [7, 11) is 1.37. The highest BCUT2D eigenvalue weighted by Gasteiger charge is 2.33. The van der Waals surface area contributed by atoms with Crippen molar-refractivity contribution in [2.45, 2.75) is 12.5 Å². The Bertz CT molecular complexity index is 396. The van der Waals surface area contributed by atoms with Crippen LogP contribution < -0.4 is 10.5 Å². The maximum Gasteiger partial charge on any atom is 0.328 e. The first-order chi connectivity index (χ1) is 6.89. The normalized spacial score (nSPS) is 13.5. The van der Waals surface area contributed by atoms with Gasteiger partial charge in [0.05, 0.1) is 7.11 Å². The molecule has 0 saturated carbocycles. The molecule has 0 saturated heterocycles. The van der Waals surface area contributed by atoms with E-state index in [9.17, 15) is 9.18 Å². The molecule has 1 aromatic carbocycles. The summed E-state index contributed by atoms with van der Waals surface area (Å²) in [6, 6.07) is 3.59. The lowest BCUT2D eigenvalue weighted by Crippen LogP contribution is -2.42. The van der Waals surface area contributed by atoms with Crippen molar-refractivity contribution in [3.8, 4) is 5.75 Å². The molecule has 3 N–H and O–H groups in total. The lowest BCUT2D eigenvalue weighted by Gasteiger charge is -2.22. The number of halogens is 2. The van der Waals surface area contributed by atoms with Crippen molar-refractivity contribution < 1.29 is 19.0 Å². The molecule has 16 heavy (non-hydrogen) atoms. The Morgan fingerprint density at radius 2 is 2.12 bits per heavy atom. The number of nitrogens with two attached hydrogens (primary N) is 1. The number of carbonyl (C=O) groups is 1. The Hall–Kier alpha value is -1.33. The number of rotatable bonds is 3. The molecule has 1 atom stereocenters. The molecule has 0 bridgehead atoms. The molecule has 0 spiro atoms. The van der Waals surface area contributed by atoms with Crippen molar-refractivity contribution in [3.05, 3.63) is 29.6 Å². The van der Waals surface area contributed by atoms with Crippen molar-refractivity contribution in [1.29, 1.82) is 0 Å². The summed E-state index contributed by atoms with van der Waals surface area (Å²) < 4.78 is 17.9. The number of carboxylic acids is 1.